The largest absolute Gasteiger partial charge is 0.333 e. The monoisotopic (exact) mass is 287 g/mol. The molecule has 0 aliphatic carbocycles. The number of amides is 1. The quantitative estimate of drug-likeness (QED) is 0.765. The second-order valence-electron chi connectivity index (χ2n) is 4.78. The molecule has 0 aromatic heterocycles. The molecule has 0 fully saturated rings. The summed E-state index contributed by atoms with van der Waals surface area (Å²) in [5.74, 6) is -0.0422. The summed E-state index contributed by atoms with van der Waals surface area (Å²) in [5.41, 5.74) is 2.21. The highest BCUT2D eigenvalue weighted by atomic mass is 35.5. The average molecular weight is 288 g/mol. The first kappa shape index (κ1) is 14.6. The molecule has 0 spiro atoms. The molecule has 0 N–H and O–H groups in total. The van der Waals surface area contributed by atoms with Gasteiger partial charge in [0.2, 0.25) is 5.91 Å². The Bertz CT molecular complexity index is 498. The lowest BCUT2D eigenvalue weighted by atomic mass is 10.1. The van der Waals surface area contributed by atoms with E-state index in [1.54, 1.807) is 11.8 Å². The third kappa shape index (κ3) is 4.10. The highest BCUT2D eigenvalue weighted by molar-refractivity contribution is 6.30. The van der Waals surface area contributed by atoms with Crippen LogP contribution in [0.5, 0.6) is 0 Å². The van der Waals surface area contributed by atoms with E-state index in [-0.39, 0.29) is 5.91 Å². The number of rotatable bonds is 5. The Morgan fingerprint density at radius 1 is 0.950 bits per heavy atom. The van der Waals surface area contributed by atoms with Crippen molar-refractivity contribution < 1.29 is 4.79 Å². The Hall–Kier alpha value is -1.80. The van der Waals surface area contributed by atoms with Crippen LogP contribution < -0.4 is 0 Å². The number of halogens is 1. The maximum atomic E-state index is 12.2. The van der Waals surface area contributed by atoms with E-state index in [9.17, 15) is 4.79 Å². The van der Waals surface area contributed by atoms with Crippen molar-refractivity contribution in [1.82, 2.24) is 4.90 Å². The van der Waals surface area contributed by atoms with Gasteiger partial charge in [-0.2, -0.15) is 0 Å². The zero-order valence-corrected chi connectivity index (χ0v) is 12.3. The second-order valence-corrected chi connectivity index (χ2v) is 5.44. The van der Waals surface area contributed by atoms with Gasteiger partial charge < -0.3 is 4.90 Å². The molecule has 2 aromatic rings. The number of nitrogens with zero attached hydrogens (tertiary/aromatic N) is 1. The van der Waals surface area contributed by atoms with Crippen molar-refractivity contribution in [2.24, 2.45) is 0 Å². The number of hydrogen-bond acceptors (Lipinski definition) is 1. The predicted octanol–water partition coefficient (Wildman–Crippen LogP) is 3.84. The van der Waals surface area contributed by atoms with Gasteiger partial charge in [-0.3, -0.25) is 4.79 Å². The van der Waals surface area contributed by atoms with Crippen LogP contribution in [-0.2, 0) is 17.9 Å². The highest BCUT2D eigenvalue weighted by Crippen LogP contribution is 2.13. The molecule has 0 saturated heterocycles. The summed E-state index contributed by atoms with van der Waals surface area (Å²) >= 11 is 5.96. The molecule has 1 unspecified atom stereocenters. The van der Waals surface area contributed by atoms with E-state index in [4.69, 9.17) is 11.6 Å². The lowest BCUT2D eigenvalue weighted by Gasteiger charge is -2.24. The van der Waals surface area contributed by atoms with Crippen molar-refractivity contribution in [1.29, 1.82) is 0 Å². The van der Waals surface area contributed by atoms with E-state index >= 15 is 0 Å². The van der Waals surface area contributed by atoms with Gasteiger partial charge >= 0.3 is 0 Å². The molecule has 0 bridgehead atoms. The van der Waals surface area contributed by atoms with E-state index < -0.39 is 5.38 Å². The number of alkyl halides is 1. The molecule has 104 valence electrons. The van der Waals surface area contributed by atoms with Crippen molar-refractivity contribution in [2.45, 2.75) is 25.4 Å². The van der Waals surface area contributed by atoms with Gasteiger partial charge in [0.25, 0.3) is 0 Å². The zero-order chi connectivity index (χ0) is 14.4. The molecule has 0 aliphatic heterocycles. The van der Waals surface area contributed by atoms with Crippen molar-refractivity contribution in [3.05, 3.63) is 71.8 Å². The van der Waals surface area contributed by atoms with Crippen LogP contribution in [0.2, 0.25) is 0 Å². The van der Waals surface area contributed by atoms with Crippen molar-refractivity contribution >= 4 is 17.5 Å². The Kier molecular flexibility index (Phi) is 5.19. The maximum absolute atomic E-state index is 12.2. The van der Waals surface area contributed by atoms with Crippen LogP contribution in [0, 0.1) is 0 Å². The molecule has 0 radical (unpaired) electrons. The molecule has 0 heterocycles. The van der Waals surface area contributed by atoms with Crippen molar-refractivity contribution in [2.75, 3.05) is 0 Å². The fraction of sp³-hybridized carbons (Fsp3) is 0.235. The molecule has 2 nitrogen and oxygen atoms in total. The average Bonchev–Trinajstić information content (AvgIpc) is 2.48. The highest BCUT2D eigenvalue weighted by Gasteiger charge is 2.19. The fourth-order valence-corrected chi connectivity index (χ4v) is 2.21. The van der Waals surface area contributed by atoms with Gasteiger partial charge in [-0.15, -0.1) is 11.6 Å². The molecule has 2 rings (SSSR count). The number of hydrogen-bond donors (Lipinski definition) is 0. The van der Waals surface area contributed by atoms with Gasteiger partial charge in [0.15, 0.2) is 0 Å². The van der Waals surface area contributed by atoms with Gasteiger partial charge in [0, 0.05) is 13.1 Å². The summed E-state index contributed by atoms with van der Waals surface area (Å²) in [7, 11) is 0. The first-order chi connectivity index (χ1) is 9.66. The molecule has 1 atom stereocenters. The van der Waals surface area contributed by atoms with E-state index in [2.05, 4.69) is 0 Å². The maximum Gasteiger partial charge on any atom is 0.240 e. The van der Waals surface area contributed by atoms with E-state index in [0.717, 1.165) is 11.1 Å². The van der Waals surface area contributed by atoms with Crippen LogP contribution in [0.1, 0.15) is 18.1 Å². The van der Waals surface area contributed by atoms with Crippen LogP contribution in [0.25, 0.3) is 0 Å². The minimum Gasteiger partial charge on any atom is -0.333 e. The van der Waals surface area contributed by atoms with Gasteiger partial charge in [-0.05, 0) is 18.1 Å². The first-order valence-corrected chi connectivity index (χ1v) is 7.11. The Labute approximate surface area is 125 Å². The molecule has 2 aromatic carbocycles. The van der Waals surface area contributed by atoms with Crippen LogP contribution >= 0.6 is 11.6 Å². The van der Waals surface area contributed by atoms with E-state index in [0.29, 0.717) is 13.1 Å². The summed E-state index contributed by atoms with van der Waals surface area (Å²) < 4.78 is 0. The van der Waals surface area contributed by atoms with Gasteiger partial charge in [0.05, 0.1) is 0 Å². The lowest BCUT2D eigenvalue weighted by molar-refractivity contribution is -0.131. The standard InChI is InChI=1S/C17H18ClNO/c1-14(18)17(20)19(12-15-8-4-2-5-9-15)13-16-10-6-3-7-11-16/h2-11,14H,12-13H2,1H3. The van der Waals surface area contributed by atoms with Gasteiger partial charge in [-0.25, -0.2) is 0 Å². The minimum atomic E-state index is -0.512. The lowest BCUT2D eigenvalue weighted by Crippen LogP contribution is -2.34. The molecule has 20 heavy (non-hydrogen) atoms. The van der Waals surface area contributed by atoms with Crippen LogP contribution in [0.15, 0.2) is 60.7 Å². The second kappa shape index (κ2) is 7.11. The Morgan fingerprint density at radius 2 is 1.35 bits per heavy atom. The molecule has 3 heteroatoms. The fourth-order valence-electron chi connectivity index (χ4n) is 2.07. The van der Waals surface area contributed by atoms with E-state index in [1.807, 2.05) is 60.7 Å². The third-order valence-corrected chi connectivity index (χ3v) is 3.27. The third-order valence-electron chi connectivity index (χ3n) is 3.08. The van der Waals surface area contributed by atoms with Crippen molar-refractivity contribution in [3.8, 4) is 0 Å². The van der Waals surface area contributed by atoms with Crippen LogP contribution in [-0.4, -0.2) is 16.2 Å². The summed E-state index contributed by atoms with van der Waals surface area (Å²) in [6, 6.07) is 19.9. The Balaban J connectivity index is 2.15. The smallest absolute Gasteiger partial charge is 0.240 e. The summed E-state index contributed by atoms with van der Waals surface area (Å²) in [6.07, 6.45) is 0. The van der Waals surface area contributed by atoms with Gasteiger partial charge in [0.1, 0.15) is 5.38 Å². The predicted molar refractivity (Wildman–Crippen MR) is 82.5 cm³/mol. The SMILES string of the molecule is CC(Cl)C(=O)N(Cc1ccccc1)Cc1ccccc1. The van der Waals surface area contributed by atoms with Gasteiger partial charge in [-0.1, -0.05) is 60.7 Å². The number of benzene rings is 2. The topological polar surface area (TPSA) is 20.3 Å². The van der Waals surface area contributed by atoms with E-state index in [1.165, 1.54) is 0 Å². The molecular weight excluding hydrogens is 270 g/mol. The summed E-state index contributed by atoms with van der Waals surface area (Å²) in [6.45, 7) is 2.87. The van der Waals surface area contributed by atoms with Crippen molar-refractivity contribution in [3.63, 3.8) is 0 Å². The summed E-state index contributed by atoms with van der Waals surface area (Å²) in [4.78, 5) is 14.0. The molecule has 0 aliphatic rings. The normalized spacial score (nSPS) is 11.9. The minimum absolute atomic E-state index is 0.0422. The van der Waals surface area contributed by atoms with Crippen LogP contribution in [0.4, 0.5) is 0 Å². The number of carbonyl (C=O) groups excluding carboxylic acids is 1. The zero-order valence-electron chi connectivity index (χ0n) is 11.5. The molecule has 1 amide bonds. The van der Waals surface area contributed by atoms with Crippen LogP contribution in [0.3, 0.4) is 0 Å². The molecule has 0 saturated carbocycles. The first-order valence-electron chi connectivity index (χ1n) is 6.67. The number of carbonyl (C=O) groups is 1. The summed E-state index contributed by atoms with van der Waals surface area (Å²) in [5, 5.41) is -0.512. The Morgan fingerprint density at radius 3 is 1.70 bits per heavy atom. The molecular formula is C17H18ClNO.